The quantitative estimate of drug-likeness (QED) is 0.733. The number of hydrogen-bond acceptors (Lipinski definition) is 3. The van der Waals surface area contributed by atoms with Gasteiger partial charge >= 0.3 is 0 Å². The Hall–Kier alpha value is -3.14. The first-order chi connectivity index (χ1) is 11.6. The third kappa shape index (κ3) is 3.98. The molecule has 2 N–H and O–H groups in total. The van der Waals surface area contributed by atoms with E-state index in [0.29, 0.717) is 5.56 Å². The number of anilines is 3. The Kier molecular flexibility index (Phi) is 4.57. The fraction of sp³-hybridized carbons (Fsp3) is 0.100. The summed E-state index contributed by atoms with van der Waals surface area (Å²) in [6.45, 7) is 4.03. The summed E-state index contributed by atoms with van der Waals surface area (Å²) < 4.78 is 0. The molecule has 24 heavy (non-hydrogen) atoms. The minimum Gasteiger partial charge on any atom is -0.354 e. The highest BCUT2D eigenvalue weighted by molar-refractivity contribution is 6.04. The van der Waals surface area contributed by atoms with Crippen molar-refractivity contribution in [3.05, 3.63) is 83.7 Å². The van der Waals surface area contributed by atoms with E-state index in [1.807, 2.05) is 62.4 Å². The number of nitrogens with one attached hydrogen (secondary N) is 2. The van der Waals surface area contributed by atoms with Crippen molar-refractivity contribution < 1.29 is 4.79 Å². The zero-order valence-electron chi connectivity index (χ0n) is 13.7. The third-order valence-corrected chi connectivity index (χ3v) is 3.62. The molecule has 2 aromatic carbocycles. The van der Waals surface area contributed by atoms with Gasteiger partial charge in [0.1, 0.15) is 0 Å². The van der Waals surface area contributed by atoms with E-state index in [0.717, 1.165) is 22.6 Å². The Morgan fingerprint density at radius 3 is 2.38 bits per heavy atom. The lowest BCUT2D eigenvalue weighted by Gasteiger charge is -2.09. The van der Waals surface area contributed by atoms with Crippen molar-refractivity contribution in [1.82, 2.24) is 4.98 Å². The smallest absolute Gasteiger partial charge is 0.257 e. The molecule has 0 fully saturated rings. The molecule has 0 spiro atoms. The van der Waals surface area contributed by atoms with Crippen LogP contribution in [0.15, 0.2) is 67.0 Å². The third-order valence-electron chi connectivity index (χ3n) is 3.62. The van der Waals surface area contributed by atoms with Crippen LogP contribution in [0.3, 0.4) is 0 Å². The molecule has 0 aliphatic heterocycles. The molecule has 120 valence electrons. The number of benzene rings is 2. The van der Waals surface area contributed by atoms with Crippen LogP contribution in [0.2, 0.25) is 0 Å². The maximum Gasteiger partial charge on any atom is 0.257 e. The zero-order valence-corrected chi connectivity index (χ0v) is 13.7. The molecule has 0 unspecified atom stereocenters. The van der Waals surface area contributed by atoms with Crippen LogP contribution in [-0.4, -0.2) is 10.9 Å². The maximum absolute atomic E-state index is 12.4. The van der Waals surface area contributed by atoms with Crippen LogP contribution in [-0.2, 0) is 0 Å². The topological polar surface area (TPSA) is 54.0 Å². The van der Waals surface area contributed by atoms with Gasteiger partial charge in [0.25, 0.3) is 5.91 Å². The van der Waals surface area contributed by atoms with Crippen LogP contribution >= 0.6 is 0 Å². The number of aryl methyl sites for hydroxylation is 2. The second kappa shape index (κ2) is 6.96. The Morgan fingerprint density at radius 2 is 1.62 bits per heavy atom. The van der Waals surface area contributed by atoms with Gasteiger partial charge in [-0.05, 0) is 49.7 Å². The molecular formula is C20H19N3O. The maximum atomic E-state index is 12.4. The zero-order chi connectivity index (χ0) is 16.9. The fourth-order valence-electron chi connectivity index (χ4n) is 2.36. The Balaban J connectivity index is 1.74. The molecule has 0 aliphatic carbocycles. The molecule has 0 aliphatic rings. The normalized spacial score (nSPS) is 10.2. The van der Waals surface area contributed by atoms with Crippen molar-refractivity contribution in [1.29, 1.82) is 0 Å². The van der Waals surface area contributed by atoms with Crippen molar-refractivity contribution in [3.8, 4) is 0 Å². The summed E-state index contributed by atoms with van der Waals surface area (Å²) >= 11 is 0. The van der Waals surface area contributed by atoms with Crippen LogP contribution in [0.4, 0.5) is 17.1 Å². The number of rotatable bonds is 4. The Labute approximate surface area is 141 Å². The summed E-state index contributed by atoms with van der Waals surface area (Å²) in [7, 11) is 0. The minimum absolute atomic E-state index is 0.180. The van der Waals surface area contributed by atoms with Crippen molar-refractivity contribution in [2.45, 2.75) is 13.8 Å². The summed E-state index contributed by atoms with van der Waals surface area (Å²) in [6, 6.07) is 17.5. The first kappa shape index (κ1) is 15.7. The van der Waals surface area contributed by atoms with Gasteiger partial charge < -0.3 is 10.6 Å². The van der Waals surface area contributed by atoms with Gasteiger partial charge in [0.15, 0.2) is 0 Å². The standard InChI is InChI=1S/C20H19N3O/c1-14-6-8-17(9-7-14)22-19-11-16(12-21-13-19)20(24)23-18-5-3-4-15(2)10-18/h3-13,22H,1-2H3,(H,23,24). The van der Waals surface area contributed by atoms with E-state index >= 15 is 0 Å². The SMILES string of the molecule is Cc1ccc(Nc2cncc(C(=O)Nc3cccc(C)c3)c2)cc1. The number of aromatic nitrogens is 1. The van der Waals surface area contributed by atoms with Crippen molar-refractivity contribution >= 4 is 23.0 Å². The molecule has 0 bridgehead atoms. The lowest BCUT2D eigenvalue weighted by atomic mass is 10.2. The van der Waals surface area contributed by atoms with Crippen LogP contribution in [0.5, 0.6) is 0 Å². The monoisotopic (exact) mass is 317 g/mol. The van der Waals surface area contributed by atoms with Gasteiger partial charge in [-0.25, -0.2) is 0 Å². The fourth-order valence-corrected chi connectivity index (χ4v) is 2.36. The molecule has 4 nitrogen and oxygen atoms in total. The number of carbonyl (C=O) groups excluding carboxylic acids is 1. The van der Waals surface area contributed by atoms with Gasteiger partial charge in [0, 0.05) is 17.6 Å². The molecule has 0 saturated heterocycles. The van der Waals surface area contributed by atoms with Gasteiger partial charge in [0.05, 0.1) is 17.4 Å². The minimum atomic E-state index is -0.180. The molecule has 1 heterocycles. The molecule has 0 radical (unpaired) electrons. The molecule has 3 aromatic rings. The number of pyridine rings is 1. The predicted molar refractivity (Wildman–Crippen MR) is 97.8 cm³/mol. The van der Waals surface area contributed by atoms with Crippen LogP contribution in [0.1, 0.15) is 21.5 Å². The van der Waals surface area contributed by atoms with Gasteiger partial charge in [-0.3, -0.25) is 9.78 Å². The number of amides is 1. The highest BCUT2D eigenvalue weighted by Crippen LogP contribution is 2.18. The molecule has 0 saturated carbocycles. The summed E-state index contributed by atoms with van der Waals surface area (Å²) in [5, 5.41) is 6.15. The highest BCUT2D eigenvalue weighted by Gasteiger charge is 2.08. The number of hydrogen-bond donors (Lipinski definition) is 2. The predicted octanol–water partition coefficient (Wildman–Crippen LogP) is 4.69. The van der Waals surface area contributed by atoms with Gasteiger partial charge in [-0.15, -0.1) is 0 Å². The molecule has 3 rings (SSSR count). The summed E-state index contributed by atoms with van der Waals surface area (Å²) in [5.41, 5.74) is 5.31. The second-order valence-corrected chi connectivity index (χ2v) is 5.78. The molecule has 0 atom stereocenters. The number of carbonyl (C=O) groups is 1. The van der Waals surface area contributed by atoms with Crippen molar-refractivity contribution in [3.63, 3.8) is 0 Å². The van der Waals surface area contributed by atoms with E-state index in [1.54, 1.807) is 18.5 Å². The average Bonchev–Trinajstić information content (AvgIpc) is 2.57. The average molecular weight is 317 g/mol. The van der Waals surface area contributed by atoms with Crippen LogP contribution in [0, 0.1) is 13.8 Å². The van der Waals surface area contributed by atoms with E-state index in [4.69, 9.17) is 0 Å². The first-order valence-electron chi connectivity index (χ1n) is 7.77. The summed E-state index contributed by atoms with van der Waals surface area (Å²) in [5.74, 6) is -0.180. The lowest BCUT2D eigenvalue weighted by molar-refractivity contribution is 0.102. The van der Waals surface area contributed by atoms with Crippen LogP contribution in [0.25, 0.3) is 0 Å². The van der Waals surface area contributed by atoms with Gasteiger partial charge in [-0.1, -0.05) is 29.8 Å². The molecule has 1 aromatic heterocycles. The summed E-state index contributed by atoms with van der Waals surface area (Å²) in [6.07, 6.45) is 3.26. The largest absolute Gasteiger partial charge is 0.354 e. The van der Waals surface area contributed by atoms with Crippen LogP contribution < -0.4 is 10.6 Å². The first-order valence-corrected chi connectivity index (χ1v) is 7.77. The molecule has 4 heteroatoms. The van der Waals surface area contributed by atoms with Crippen molar-refractivity contribution in [2.24, 2.45) is 0 Å². The Bertz CT molecular complexity index is 857. The molecular weight excluding hydrogens is 298 g/mol. The van der Waals surface area contributed by atoms with E-state index in [1.165, 1.54) is 5.56 Å². The summed E-state index contributed by atoms with van der Waals surface area (Å²) in [4.78, 5) is 16.6. The van der Waals surface area contributed by atoms with E-state index < -0.39 is 0 Å². The van der Waals surface area contributed by atoms with Gasteiger partial charge in [0.2, 0.25) is 0 Å². The van der Waals surface area contributed by atoms with E-state index in [9.17, 15) is 4.79 Å². The Morgan fingerprint density at radius 1 is 0.833 bits per heavy atom. The van der Waals surface area contributed by atoms with Crippen molar-refractivity contribution in [2.75, 3.05) is 10.6 Å². The number of nitrogens with zero attached hydrogens (tertiary/aromatic N) is 1. The lowest BCUT2D eigenvalue weighted by Crippen LogP contribution is -2.12. The second-order valence-electron chi connectivity index (χ2n) is 5.78. The molecule has 1 amide bonds. The van der Waals surface area contributed by atoms with Gasteiger partial charge in [-0.2, -0.15) is 0 Å². The highest BCUT2D eigenvalue weighted by atomic mass is 16.1. The van der Waals surface area contributed by atoms with E-state index in [-0.39, 0.29) is 5.91 Å². The van der Waals surface area contributed by atoms with E-state index in [2.05, 4.69) is 15.6 Å².